The first-order valence-corrected chi connectivity index (χ1v) is 15.1. The van der Waals surface area contributed by atoms with Gasteiger partial charge in [-0.25, -0.2) is 4.98 Å². The van der Waals surface area contributed by atoms with Gasteiger partial charge in [-0.1, -0.05) is 29.4 Å². The summed E-state index contributed by atoms with van der Waals surface area (Å²) in [4.78, 5) is 36.6. The number of pyridine rings is 1. The number of fused-ring (bicyclic) bond motifs is 1. The zero-order chi connectivity index (χ0) is 27.5. The molecule has 1 unspecified atom stereocenters. The van der Waals surface area contributed by atoms with Crippen molar-refractivity contribution in [3.63, 3.8) is 0 Å². The predicted octanol–water partition coefficient (Wildman–Crippen LogP) is 4.67. The topological polar surface area (TPSA) is 112 Å². The Morgan fingerprint density at radius 2 is 2.03 bits per heavy atom. The number of carbonyl (C=O) groups excluding carboxylic acids is 2. The Bertz CT molecular complexity index is 1390. The van der Waals surface area contributed by atoms with Crippen molar-refractivity contribution in [3.8, 4) is 5.75 Å². The van der Waals surface area contributed by atoms with Crippen LogP contribution in [0.5, 0.6) is 5.75 Å². The summed E-state index contributed by atoms with van der Waals surface area (Å²) >= 11 is 6.21. The first-order chi connectivity index (χ1) is 18.8. The zero-order valence-electron chi connectivity index (χ0n) is 21.9. The van der Waals surface area contributed by atoms with Gasteiger partial charge in [-0.05, 0) is 56.5 Å². The van der Waals surface area contributed by atoms with E-state index in [-0.39, 0.29) is 24.0 Å². The molecule has 2 amide bonds. The van der Waals surface area contributed by atoms with Gasteiger partial charge in [-0.3, -0.25) is 19.9 Å². The largest absolute Gasteiger partial charge is 0.616 e. The Balaban J connectivity index is 1.56. The molecule has 1 atom stereocenters. The summed E-state index contributed by atoms with van der Waals surface area (Å²) in [6.45, 7) is 6.56. The van der Waals surface area contributed by atoms with Crippen LogP contribution in [0.25, 0.3) is 11.0 Å². The van der Waals surface area contributed by atoms with Crippen molar-refractivity contribution in [1.82, 2.24) is 19.4 Å². The van der Waals surface area contributed by atoms with E-state index in [9.17, 15) is 14.1 Å². The van der Waals surface area contributed by atoms with Gasteiger partial charge in [0.2, 0.25) is 11.9 Å². The third kappa shape index (κ3) is 6.08. The van der Waals surface area contributed by atoms with Gasteiger partial charge in [0.25, 0.3) is 5.91 Å². The molecule has 0 aliphatic carbocycles. The molecule has 5 rings (SSSR count). The fourth-order valence-electron chi connectivity index (χ4n) is 5.25. The molecule has 0 saturated carbocycles. The minimum Gasteiger partial charge on any atom is -0.616 e. The van der Waals surface area contributed by atoms with E-state index < -0.39 is 11.2 Å². The van der Waals surface area contributed by atoms with Gasteiger partial charge >= 0.3 is 0 Å². The number of ether oxygens (including phenoxy) is 1. The molecule has 39 heavy (non-hydrogen) atoms. The van der Waals surface area contributed by atoms with Crippen LogP contribution in [0.3, 0.4) is 0 Å². The molecule has 3 aromatic rings. The van der Waals surface area contributed by atoms with Gasteiger partial charge in [0.1, 0.15) is 28.4 Å². The number of anilines is 1. The van der Waals surface area contributed by atoms with Crippen LogP contribution in [0.2, 0.25) is 5.02 Å². The average Bonchev–Trinajstić information content (AvgIpc) is 3.12. The first-order valence-electron chi connectivity index (χ1n) is 13.2. The molecule has 0 radical (unpaired) electrons. The van der Waals surface area contributed by atoms with Crippen LogP contribution in [-0.4, -0.2) is 66.5 Å². The molecular weight excluding hydrogens is 538 g/mol. The van der Waals surface area contributed by atoms with Gasteiger partial charge in [0.15, 0.2) is 0 Å². The number of likely N-dealkylation sites (tertiary alicyclic amines) is 1. The third-order valence-corrected chi connectivity index (χ3v) is 9.01. The highest BCUT2D eigenvalue weighted by atomic mass is 35.5. The first kappa shape index (κ1) is 27.5. The highest BCUT2D eigenvalue weighted by Gasteiger charge is 2.29. The normalized spacial score (nSPS) is 21.8. The predicted molar refractivity (Wildman–Crippen MR) is 153 cm³/mol. The lowest BCUT2D eigenvalue weighted by molar-refractivity contribution is -0.126. The Hall–Kier alpha value is -3.08. The maximum atomic E-state index is 13.3. The highest BCUT2D eigenvalue weighted by Crippen LogP contribution is 2.39. The van der Waals surface area contributed by atoms with Gasteiger partial charge in [0, 0.05) is 43.4 Å². The van der Waals surface area contributed by atoms with Crippen LogP contribution >= 0.6 is 11.6 Å². The van der Waals surface area contributed by atoms with Crippen LogP contribution in [0.1, 0.15) is 54.2 Å². The Labute approximate surface area is 235 Å². The molecule has 1 aromatic carbocycles. The van der Waals surface area contributed by atoms with Gasteiger partial charge in [-0.15, -0.1) is 0 Å². The Morgan fingerprint density at radius 3 is 2.77 bits per heavy atom. The molecule has 9 nitrogen and oxygen atoms in total. The van der Waals surface area contributed by atoms with Crippen molar-refractivity contribution >= 4 is 51.6 Å². The van der Waals surface area contributed by atoms with E-state index in [1.54, 1.807) is 29.3 Å². The van der Waals surface area contributed by atoms with Crippen molar-refractivity contribution in [2.45, 2.75) is 51.2 Å². The summed E-state index contributed by atoms with van der Waals surface area (Å²) in [5.41, 5.74) is 2.46. The van der Waals surface area contributed by atoms with Crippen molar-refractivity contribution in [3.05, 3.63) is 59.4 Å². The van der Waals surface area contributed by atoms with Crippen molar-refractivity contribution in [2.75, 3.05) is 29.9 Å². The summed E-state index contributed by atoms with van der Waals surface area (Å²) in [7, 11) is 0. The molecular formula is C28H32ClN5O4S. The van der Waals surface area contributed by atoms with Crippen molar-refractivity contribution in [2.24, 2.45) is 0 Å². The number of imidazole rings is 1. The SMILES string of the molecule is C=CC(=O)N1CCCCC(n2c(NC(=O)c3ccnc(C)c3)nc3ccc(OC4CC[S+]([O-])CC4)c(Cl)c32)C1. The highest BCUT2D eigenvalue weighted by molar-refractivity contribution is 7.91. The number of nitrogens with one attached hydrogen (secondary N) is 1. The van der Waals surface area contributed by atoms with Crippen molar-refractivity contribution < 1.29 is 18.9 Å². The van der Waals surface area contributed by atoms with E-state index in [1.165, 1.54) is 6.08 Å². The van der Waals surface area contributed by atoms with Crippen LogP contribution in [0, 0.1) is 6.92 Å². The van der Waals surface area contributed by atoms with Gasteiger partial charge in [-0.2, -0.15) is 0 Å². The number of benzene rings is 1. The second-order valence-electron chi connectivity index (χ2n) is 9.99. The number of carbonyl (C=O) groups is 2. The second-order valence-corrected chi connectivity index (χ2v) is 12.1. The van der Waals surface area contributed by atoms with Crippen LogP contribution in [-0.2, 0) is 16.0 Å². The van der Waals surface area contributed by atoms with E-state index in [1.807, 2.05) is 17.6 Å². The summed E-state index contributed by atoms with van der Waals surface area (Å²) in [6, 6.07) is 6.83. The minimum absolute atomic E-state index is 0.0679. The molecule has 2 aliphatic heterocycles. The maximum absolute atomic E-state index is 13.3. The molecule has 11 heteroatoms. The summed E-state index contributed by atoms with van der Waals surface area (Å²) in [6.07, 6.45) is 6.81. The molecule has 4 heterocycles. The average molecular weight is 570 g/mol. The van der Waals surface area contributed by atoms with Crippen LogP contribution < -0.4 is 10.1 Å². The molecule has 2 saturated heterocycles. The molecule has 206 valence electrons. The molecule has 2 aromatic heterocycles. The number of aromatic nitrogens is 3. The number of halogens is 1. The number of hydrogen-bond donors (Lipinski definition) is 1. The molecule has 2 fully saturated rings. The number of amides is 2. The lowest BCUT2D eigenvalue weighted by Gasteiger charge is -2.27. The van der Waals surface area contributed by atoms with Crippen LogP contribution in [0.4, 0.5) is 5.95 Å². The standard InChI is InChI=1S/C28H32ClN5O4S/c1-3-24(35)33-13-5-4-6-20(17-33)34-26-22(31-28(34)32-27(36)19-9-12-30-18(2)16-19)7-8-23(25(26)29)38-21-10-14-39(37)15-11-21/h3,7-9,12,16,20-21H,1,4-6,10-11,13-15,17H2,2H3,(H,31,32,36). The summed E-state index contributed by atoms with van der Waals surface area (Å²) in [5, 5.41) is 3.38. The maximum Gasteiger partial charge on any atom is 0.258 e. The number of aryl methyl sites for hydroxylation is 1. The lowest BCUT2D eigenvalue weighted by Crippen LogP contribution is -2.34. The van der Waals surface area contributed by atoms with Crippen molar-refractivity contribution in [1.29, 1.82) is 0 Å². The summed E-state index contributed by atoms with van der Waals surface area (Å²) < 4.78 is 20.0. The molecule has 2 aliphatic rings. The molecule has 1 N–H and O–H groups in total. The van der Waals surface area contributed by atoms with E-state index in [2.05, 4.69) is 16.9 Å². The fraction of sp³-hybridized carbons (Fsp3) is 0.429. The number of rotatable bonds is 6. The van der Waals surface area contributed by atoms with Gasteiger partial charge < -0.3 is 18.8 Å². The minimum atomic E-state index is -0.794. The Kier molecular flexibility index (Phi) is 8.44. The molecule has 0 spiro atoms. The lowest BCUT2D eigenvalue weighted by atomic mass is 10.1. The zero-order valence-corrected chi connectivity index (χ0v) is 23.5. The molecule has 0 bridgehead atoms. The van der Waals surface area contributed by atoms with E-state index in [0.717, 1.165) is 25.0 Å². The van der Waals surface area contributed by atoms with Crippen LogP contribution in [0.15, 0.2) is 43.1 Å². The fourth-order valence-corrected chi connectivity index (χ4v) is 6.80. The second kappa shape index (κ2) is 12.0. The van der Waals surface area contributed by atoms with Gasteiger partial charge in [0.05, 0.1) is 17.1 Å². The number of hydrogen-bond acceptors (Lipinski definition) is 6. The monoisotopic (exact) mass is 569 g/mol. The summed E-state index contributed by atoms with van der Waals surface area (Å²) in [5.74, 6) is 1.67. The smallest absolute Gasteiger partial charge is 0.258 e. The van der Waals surface area contributed by atoms with E-state index in [0.29, 0.717) is 70.8 Å². The third-order valence-electron chi connectivity index (χ3n) is 7.27. The number of nitrogens with zero attached hydrogens (tertiary/aromatic N) is 4. The quantitative estimate of drug-likeness (QED) is 0.341. The Morgan fingerprint density at radius 1 is 1.23 bits per heavy atom. The van der Waals surface area contributed by atoms with E-state index >= 15 is 0 Å². The van der Waals surface area contributed by atoms with E-state index in [4.69, 9.17) is 21.3 Å².